The molecule has 0 aromatic heterocycles. The normalized spacial score (nSPS) is 5.57. The van der Waals surface area contributed by atoms with Gasteiger partial charge in [-0.05, 0) is 0 Å². The first-order valence-electron chi connectivity index (χ1n) is 1.84. The molecule has 74 valence electrons. The molecule has 0 aromatic rings. The Labute approximate surface area is 144 Å². The Morgan fingerprint density at radius 1 is 0.571 bits per heavy atom. The van der Waals surface area contributed by atoms with E-state index >= 15 is 0 Å². The monoisotopic (exact) mass is 586 g/mol. The van der Waals surface area contributed by atoms with Gasteiger partial charge in [0, 0.05) is 0 Å². The van der Waals surface area contributed by atoms with Gasteiger partial charge in [-0.1, -0.05) is 0 Å². The Morgan fingerprint density at radius 3 is 0.571 bits per heavy atom. The molecule has 0 aromatic carbocycles. The Morgan fingerprint density at radius 2 is 0.571 bits per heavy atom. The minimum absolute atomic E-state index is 0. The van der Waals surface area contributed by atoms with Gasteiger partial charge in [0.2, 0.25) is 0 Å². The maximum atomic E-state index is 8.58. The molecule has 0 N–H and O–H groups in total. The van der Waals surface area contributed by atoms with Crippen molar-refractivity contribution in [1.29, 1.82) is 0 Å². The maximum absolute atomic E-state index is 8.58. The summed E-state index contributed by atoms with van der Waals surface area (Å²) >= 11 is -12.2. The largest absolute Gasteiger partial charge is 3.00 e. The van der Waals surface area contributed by atoms with E-state index in [-0.39, 0.29) is 58.9 Å². The molecule has 14 heavy (non-hydrogen) atoms. The quantitative estimate of drug-likeness (QED) is 0.249. The van der Waals surface area contributed by atoms with Crippen molar-refractivity contribution < 1.29 is 121 Å². The van der Waals surface area contributed by atoms with Gasteiger partial charge in [0.1, 0.15) is 0 Å². The van der Waals surface area contributed by atoms with Crippen LogP contribution in [0.2, 0.25) is 0 Å². The zero-order valence-electron chi connectivity index (χ0n) is 6.20. The number of rotatable bonds is 0. The van der Waals surface area contributed by atoms with E-state index in [1.807, 2.05) is 0 Å². The molecule has 2 radical (unpaired) electrons. The van der Waals surface area contributed by atoms with E-state index in [2.05, 4.69) is 0 Å². The third-order valence-corrected chi connectivity index (χ3v) is 0. The predicted octanol–water partition coefficient (Wildman–Crippen LogP) is -7.88. The van der Waals surface area contributed by atoms with E-state index < -0.39 is 55.8 Å². The molecule has 0 heterocycles. The van der Waals surface area contributed by atoms with Gasteiger partial charge in [-0.25, -0.2) is 0 Å². The summed E-state index contributed by atoms with van der Waals surface area (Å²) in [7, 11) is 0. The predicted molar refractivity (Wildman–Crippen MR) is 7.81 cm³/mol. The molecule has 14 heteroatoms. The summed E-state index contributed by atoms with van der Waals surface area (Å²) < 4.78 is 77.2. The Balaban J connectivity index is -0.0000000270. The van der Waals surface area contributed by atoms with Gasteiger partial charge in [-0.3, -0.25) is 0 Å². The van der Waals surface area contributed by atoms with Crippen LogP contribution < -0.4 is 22.1 Å². The van der Waals surface area contributed by atoms with Gasteiger partial charge in [-0.2, -0.15) is 0 Å². The fourth-order valence-electron chi connectivity index (χ4n) is 0. The van der Waals surface area contributed by atoms with Crippen LogP contribution in [0.4, 0.5) is 0 Å². The second-order valence-corrected chi connectivity index (χ2v) is 3.09. The third-order valence-electron chi connectivity index (χ3n) is 0. The van der Waals surface area contributed by atoms with Crippen molar-refractivity contribution in [2.24, 2.45) is 0 Å². The van der Waals surface area contributed by atoms with Gasteiger partial charge >= 0.3 is 147 Å². The SMILES string of the molecule is [Bi+3].[O]=[Ti]([O-])[O-].[O]=[Ti]([O-])[O-].[O]=[Ti]([O-])[O-].[Y+3]. The second kappa shape index (κ2) is 25.2. The van der Waals surface area contributed by atoms with E-state index in [0.717, 1.165) is 0 Å². The Kier molecular flexibility index (Phi) is 54.7. The topological polar surface area (TPSA) is 190 Å². The van der Waals surface area contributed by atoms with Crippen LogP contribution in [0.3, 0.4) is 0 Å². The molecule has 0 unspecified atom stereocenters. The Bertz CT molecular complexity index is 118. The van der Waals surface area contributed by atoms with Gasteiger partial charge in [-0.15, -0.1) is 0 Å². The van der Waals surface area contributed by atoms with Crippen molar-refractivity contribution in [3.63, 3.8) is 0 Å². The maximum Gasteiger partial charge on any atom is 3.00 e. The van der Waals surface area contributed by atoms with Gasteiger partial charge in [0.05, 0.1) is 0 Å². The molecular formula is BiO9Ti3Y. The van der Waals surface area contributed by atoms with Crippen molar-refractivity contribution >= 4 is 26.2 Å². The zero-order valence-corrected chi connectivity index (χ0v) is 17.2. The van der Waals surface area contributed by atoms with Crippen LogP contribution in [0.15, 0.2) is 0 Å². The van der Waals surface area contributed by atoms with Crippen LogP contribution >= 0.6 is 0 Å². The molecular weight excluding hydrogens is 585 g/mol. The van der Waals surface area contributed by atoms with Gasteiger partial charge < -0.3 is 0 Å². The second-order valence-electron chi connectivity index (χ2n) is 0.750. The number of hydrogen-bond donors (Lipinski definition) is 0. The summed E-state index contributed by atoms with van der Waals surface area (Å²) in [6.07, 6.45) is 0. The molecule has 0 aliphatic carbocycles. The minimum Gasteiger partial charge on any atom is 3.00 e. The average Bonchev–Trinajstić information content (AvgIpc) is 1.54. The fraction of sp³-hybridized carbons (Fsp3) is 0. The molecule has 0 saturated heterocycles. The summed E-state index contributed by atoms with van der Waals surface area (Å²) in [4.78, 5) is 0. The first kappa shape index (κ1) is 30.4. The van der Waals surface area contributed by atoms with E-state index in [9.17, 15) is 0 Å². The van der Waals surface area contributed by atoms with Crippen LogP contribution in [0, 0.1) is 0 Å². The van der Waals surface area contributed by atoms with Crippen LogP contribution in [-0.4, -0.2) is 26.2 Å². The molecule has 0 atom stereocenters. The van der Waals surface area contributed by atoms with Crippen molar-refractivity contribution in [2.45, 2.75) is 0 Å². The molecule has 0 spiro atoms. The molecule has 0 aliphatic rings. The fourth-order valence-corrected chi connectivity index (χ4v) is 0. The van der Waals surface area contributed by atoms with Crippen molar-refractivity contribution in [2.75, 3.05) is 0 Å². The van der Waals surface area contributed by atoms with Crippen LogP contribution in [0.5, 0.6) is 0 Å². The first-order valence-corrected chi connectivity index (χ1v) is 7.57. The third kappa shape index (κ3) is 288. The smallest absolute Gasteiger partial charge is 3.00 e. The Hall–Kier alpha value is 3.29. The molecule has 0 bridgehead atoms. The van der Waals surface area contributed by atoms with Crippen molar-refractivity contribution in [1.82, 2.24) is 0 Å². The van der Waals surface area contributed by atoms with Gasteiger partial charge in [0.15, 0.2) is 0 Å². The van der Waals surface area contributed by atoms with Crippen LogP contribution in [0.1, 0.15) is 0 Å². The van der Waals surface area contributed by atoms with E-state index in [1.165, 1.54) is 0 Å². The van der Waals surface area contributed by atoms with Gasteiger partial charge in [0.25, 0.3) is 0 Å². The molecule has 0 rings (SSSR count). The van der Waals surface area contributed by atoms with Crippen LogP contribution in [-0.2, 0) is 98.5 Å². The number of hydrogen-bond acceptors (Lipinski definition) is 9. The molecule has 0 saturated carbocycles. The molecule has 9 nitrogen and oxygen atoms in total. The van der Waals surface area contributed by atoms with Crippen molar-refractivity contribution in [3.05, 3.63) is 0 Å². The van der Waals surface area contributed by atoms with E-state index in [4.69, 9.17) is 32.1 Å². The standard InChI is InChI=1S/Bi.9O.3Ti.Y/q+3;;;;6*-1;;;;+3. The first-order chi connectivity index (χ1) is 5.20. The summed E-state index contributed by atoms with van der Waals surface area (Å²) in [5.41, 5.74) is 0. The summed E-state index contributed by atoms with van der Waals surface area (Å²) in [5, 5.41) is 0. The molecule has 0 aliphatic heterocycles. The minimum atomic E-state index is -4.08. The van der Waals surface area contributed by atoms with E-state index in [0.29, 0.717) is 0 Å². The summed E-state index contributed by atoms with van der Waals surface area (Å²) in [6.45, 7) is 0. The van der Waals surface area contributed by atoms with E-state index in [1.54, 1.807) is 0 Å². The van der Waals surface area contributed by atoms with Crippen molar-refractivity contribution in [3.8, 4) is 0 Å². The molecule has 0 amide bonds. The zero-order chi connectivity index (χ0) is 10.7. The average molecular weight is 585 g/mol. The molecule has 0 fully saturated rings. The van der Waals surface area contributed by atoms with Crippen LogP contribution in [0.25, 0.3) is 0 Å². The summed E-state index contributed by atoms with van der Waals surface area (Å²) in [5.74, 6) is 0. The summed E-state index contributed by atoms with van der Waals surface area (Å²) in [6, 6.07) is 0.